The molecule has 2 N–H and O–H groups in total. The van der Waals surface area contributed by atoms with Gasteiger partial charge in [0.15, 0.2) is 0 Å². The van der Waals surface area contributed by atoms with E-state index >= 15 is 0 Å². The summed E-state index contributed by atoms with van der Waals surface area (Å²) >= 11 is 1.54. The van der Waals surface area contributed by atoms with Crippen molar-refractivity contribution in [1.82, 2.24) is 5.32 Å². The largest absolute Gasteiger partial charge is 0.497 e. The molecule has 0 spiro atoms. The highest BCUT2D eigenvalue weighted by Crippen LogP contribution is 2.34. The first-order chi connectivity index (χ1) is 8.11. The lowest BCUT2D eigenvalue weighted by Crippen LogP contribution is -2.60. The van der Waals surface area contributed by atoms with Crippen LogP contribution in [0.3, 0.4) is 0 Å². The number of β-lactam (4-membered cyclic amide) rings is 1. The topological polar surface area (TPSA) is 58.6 Å². The molecule has 3 atom stereocenters. The maximum absolute atomic E-state index is 11.3. The number of amides is 1. The van der Waals surface area contributed by atoms with Crippen LogP contribution in [-0.2, 0) is 4.79 Å². The molecular formula is C12H15NO3S. The van der Waals surface area contributed by atoms with E-state index in [1.54, 1.807) is 25.8 Å². The molecule has 5 heteroatoms. The van der Waals surface area contributed by atoms with E-state index < -0.39 is 6.10 Å². The summed E-state index contributed by atoms with van der Waals surface area (Å²) in [6, 6.07) is 7.63. The highest BCUT2D eigenvalue weighted by Gasteiger charge is 2.42. The van der Waals surface area contributed by atoms with Gasteiger partial charge in [-0.1, -0.05) is 0 Å². The van der Waals surface area contributed by atoms with Crippen molar-refractivity contribution in [3.63, 3.8) is 0 Å². The summed E-state index contributed by atoms with van der Waals surface area (Å²) in [5.74, 6) is 0.409. The Morgan fingerprint density at radius 3 is 2.53 bits per heavy atom. The van der Waals surface area contributed by atoms with Crippen LogP contribution in [0.2, 0.25) is 0 Å². The molecule has 0 aromatic heterocycles. The highest BCUT2D eigenvalue weighted by molar-refractivity contribution is 8.00. The molecule has 0 saturated carbocycles. The van der Waals surface area contributed by atoms with Crippen molar-refractivity contribution < 1.29 is 14.6 Å². The Balaban J connectivity index is 1.99. The summed E-state index contributed by atoms with van der Waals surface area (Å²) in [6.45, 7) is 1.64. The predicted octanol–water partition coefficient (Wildman–Crippen LogP) is 1.24. The van der Waals surface area contributed by atoms with Gasteiger partial charge >= 0.3 is 0 Å². The van der Waals surface area contributed by atoms with Crippen LogP contribution in [0, 0.1) is 5.92 Å². The van der Waals surface area contributed by atoms with Gasteiger partial charge in [0, 0.05) is 4.90 Å². The molecule has 0 aliphatic carbocycles. The monoisotopic (exact) mass is 253 g/mol. The van der Waals surface area contributed by atoms with Crippen LogP contribution in [0.5, 0.6) is 5.75 Å². The van der Waals surface area contributed by atoms with Gasteiger partial charge in [0.25, 0.3) is 0 Å². The minimum atomic E-state index is -0.612. The lowest BCUT2D eigenvalue weighted by atomic mass is 9.96. The molecule has 1 heterocycles. The van der Waals surface area contributed by atoms with Gasteiger partial charge in [-0.15, -0.1) is 11.8 Å². The van der Waals surface area contributed by atoms with Crippen molar-refractivity contribution in [2.45, 2.75) is 23.3 Å². The van der Waals surface area contributed by atoms with E-state index in [2.05, 4.69) is 5.32 Å². The van der Waals surface area contributed by atoms with Crippen LogP contribution >= 0.6 is 11.8 Å². The second-order valence-electron chi connectivity index (χ2n) is 3.99. The number of hydrogen-bond donors (Lipinski definition) is 2. The second kappa shape index (κ2) is 4.98. The summed E-state index contributed by atoms with van der Waals surface area (Å²) in [6.07, 6.45) is -0.612. The van der Waals surface area contributed by atoms with E-state index in [1.807, 2.05) is 24.3 Å². The molecule has 17 heavy (non-hydrogen) atoms. The van der Waals surface area contributed by atoms with Crippen molar-refractivity contribution in [2.75, 3.05) is 7.11 Å². The van der Waals surface area contributed by atoms with E-state index in [0.717, 1.165) is 10.6 Å². The van der Waals surface area contributed by atoms with Gasteiger partial charge in [0.2, 0.25) is 5.91 Å². The Hall–Kier alpha value is -1.20. The maximum atomic E-state index is 11.3. The number of hydrogen-bond acceptors (Lipinski definition) is 4. The summed E-state index contributed by atoms with van der Waals surface area (Å²) in [4.78, 5) is 12.3. The van der Waals surface area contributed by atoms with Crippen LogP contribution in [0.25, 0.3) is 0 Å². The number of ether oxygens (including phenoxy) is 1. The number of rotatable bonds is 4. The van der Waals surface area contributed by atoms with Gasteiger partial charge < -0.3 is 15.2 Å². The van der Waals surface area contributed by atoms with E-state index in [-0.39, 0.29) is 17.2 Å². The van der Waals surface area contributed by atoms with Crippen molar-refractivity contribution >= 4 is 17.7 Å². The number of aliphatic hydroxyl groups excluding tert-OH is 1. The lowest BCUT2D eigenvalue weighted by Gasteiger charge is -2.37. The molecule has 1 aromatic carbocycles. The lowest BCUT2D eigenvalue weighted by molar-refractivity contribution is -0.136. The number of benzene rings is 1. The first-order valence-electron chi connectivity index (χ1n) is 5.41. The first-order valence-corrected chi connectivity index (χ1v) is 6.29. The molecule has 1 unspecified atom stereocenters. The van der Waals surface area contributed by atoms with E-state index in [0.29, 0.717) is 0 Å². The van der Waals surface area contributed by atoms with Crippen LogP contribution in [0.4, 0.5) is 0 Å². The molecule has 1 aliphatic rings. The normalized spacial score (nSPS) is 24.8. The van der Waals surface area contributed by atoms with Gasteiger partial charge in [0.1, 0.15) is 5.75 Å². The average Bonchev–Trinajstić information content (AvgIpc) is 2.28. The fourth-order valence-corrected chi connectivity index (χ4v) is 3.00. The zero-order chi connectivity index (χ0) is 12.4. The molecule has 0 radical (unpaired) electrons. The predicted molar refractivity (Wildman–Crippen MR) is 66.0 cm³/mol. The van der Waals surface area contributed by atoms with Crippen LogP contribution < -0.4 is 10.1 Å². The molecule has 1 amide bonds. The average molecular weight is 253 g/mol. The standard InChI is InChI=1S/C12H15NO3S/c1-7(14)10-11(15)13-12(10)17-9-5-3-8(16-2)4-6-9/h3-7,10,12,14H,1-2H3,(H,13,15)/t7?,10-,12+/m0/s1. The number of aliphatic hydroxyl groups is 1. The number of methoxy groups -OCH3 is 1. The van der Waals surface area contributed by atoms with Crippen molar-refractivity contribution in [3.8, 4) is 5.75 Å². The minimum absolute atomic E-state index is 0.0455. The quantitative estimate of drug-likeness (QED) is 0.793. The molecule has 1 aliphatic heterocycles. The molecule has 1 fully saturated rings. The molecule has 92 valence electrons. The Morgan fingerprint density at radius 1 is 1.41 bits per heavy atom. The van der Waals surface area contributed by atoms with Gasteiger partial charge in [-0.05, 0) is 31.2 Å². The number of carbonyl (C=O) groups excluding carboxylic acids is 1. The third-order valence-corrected chi connectivity index (χ3v) is 3.96. The summed E-state index contributed by atoms with van der Waals surface area (Å²) in [7, 11) is 1.62. The molecule has 2 rings (SSSR count). The van der Waals surface area contributed by atoms with E-state index in [4.69, 9.17) is 4.74 Å². The molecule has 0 bridgehead atoms. The third-order valence-electron chi connectivity index (χ3n) is 2.76. The van der Waals surface area contributed by atoms with Crippen LogP contribution in [-0.4, -0.2) is 29.6 Å². The zero-order valence-corrected chi connectivity index (χ0v) is 10.5. The van der Waals surface area contributed by atoms with Crippen molar-refractivity contribution in [1.29, 1.82) is 0 Å². The third kappa shape index (κ3) is 2.56. The van der Waals surface area contributed by atoms with Gasteiger partial charge in [-0.3, -0.25) is 4.79 Å². The molecule has 1 aromatic rings. The van der Waals surface area contributed by atoms with Gasteiger partial charge in [-0.25, -0.2) is 0 Å². The highest BCUT2D eigenvalue weighted by atomic mass is 32.2. The fourth-order valence-electron chi connectivity index (χ4n) is 1.74. The molecular weight excluding hydrogens is 238 g/mol. The van der Waals surface area contributed by atoms with Crippen LogP contribution in [0.15, 0.2) is 29.2 Å². The van der Waals surface area contributed by atoms with Gasteiger partial charge in [-0.2, -0.15) is 0 Å². The number of thioether (sulfide) groups is 1. The second-order valence-corrected chi connectivity index (χ2v) is 5.20. The SMILES string of the molecule is COc1ccc(S[C@H]2NC(=O)[C@@H]2C(C)O)cc1. The molecule has 4 nitrogen and oxygen atoms in total. The fraction of sp³-hybridized carbons (Fsp3) is 0.417. The Bertz CT molecular complexity index is 405. The maximum Gasteiger partial charge on any atom is 0.229 e. The van der Waals surface area contributed by atoms with Crippen molar-refractivity contribution in [3.05, 3.63) is 24.3 Å². The van der Waals surface area contributed by atoms with E-state index in [9.17, 15) is 9.90 Å². The summed E-state index contributed by atoms with van der Waals surface area (Å²) in [5.41, 5.74) is 0. The number of nitrogens with one attached hydrogen (secondary N) is 1. The van der Waals surface area contributed by atoms with Crippen LogP contribution in [0.1, 0.15) is 6.92 Å². The zero-order valence-electron chi connectivity index (χ0n) is 9.71. The minimum Gasteiger partial charge on any atom is -0.497 e. The number of carbonyl (C=O) groups is 1. The van der Waals surface area contributed by atoms with E-state index in [1.165, 1.54) is 0 Å². The Kier molecular flexibility index (Phi) is 3.59. The summed E-state index contributed by atoms with van der Waals surface area (Å²) in [5, 5.41) is 12.2. The summed E-state index contributed by atoms with van der Waals surface area (Å²) < 4.78 is 5.07. The van der Waals surface area contributed by atoms with Crippen molar-refractivity contribution in [2.24, 2.45) is 5.92 Å². The first kappa shape index (κ1) is 12.3. The smallest absolute Gasteiger partial charge is 0.229 e. The Morgan fingerprint density at radius 2 is 2.06 bits per heavy atom. The molecule has 1 saturated heterocycles. The van der Waals surface area contributed by atoms with Gasteiger partial charge in [0.05, 0.1) is 24.5 Å². The Labute approximate surface area is 104 Å².